The second-order valence-electron chi connectivity index (χ2n) is 8.85. The van der Waals surface area contributed by atoms with Crippen LogP contribution in [0.1, 0.15) is 11.1 Å². The van der Waals surface area contributed by atoms with Gasteiger partial charge < -0.3 is 4.42 Å². The van der Waals surface area contributed by atoms with Crippen molar-refractivity contribution in [2.75, 3.05) is 10.8 Å². The topological polar surface area (TPSA) is 63.6 Å². The molecule has 38 heavy (non-hydrogen) atoms. The number of anilines is 1. The van der Waals surface area contributed by atoms with Gasteiger partial charge >= 0.3 is 0 Å². The average molecular weight is 517 g/mol. The summed E-state index contributed by atoms with van der Waals surface area (Å²) < 4.78 is 7.50. The Hall–Kier alpha value is -4.62. The largest absolute Gasteiger partial charge is 0.463 e. The first-order valence-electron chi connectivity index (χ1n) is 12.2. The number of hydrogen-bond donors (Lipinski definition) is 0. The average Bonchev–Trinajstić information content (AvgIpc) is 3.70. The normalized spacial score (nSPS) is 14.3. The number of carbonyl (C=O) groups is 1. The van der Waals surface area contributed by atoms with Crippen molar-refractivity contribution in [3.8, 4) is 17.1 Å². The minimum Gasteiger partial charge on any atom is -0.463 e. The van der Waals surface area contributed by atoms with E-state index in [1.807, 2.05) is 85.1 Å². The molecule has 186 valence electrons. The van der Waals surface area contributed by atoms with Gasteiger partial charge in [-0.25, -0.2) is 4.68 Å². The second-order valence-corrected chi connectivity index (χ2v) is 9.90. The lowest BCUT2D eigenvalue weighted by molar-refractivity contribution is -0.114. The lowest BCUT2D eigenvalue weighted by Gasteiger charge is -2.10. The lowest BCUT2D eigenvalue weighted by Crippen LogP contribution is -2.21. The summed E-state index contributed by atoms with van der Waals surface area (Å²) >= 11 is 1.65. The van der Waals surface area contributed by atoms with Gasteiger partial charge in [-0.3, -0.25) is 4.79 Å². The Bertz CT molecular complexity index is 1620. The summed E-state index contributed by atoms with van der Waals surface area (Å²) in [4.78, 5) is 14.9. The highest BCUT2D eigenvalue weighted by molar-refractivity contribution is 8.00. The zero-order valence-corrected chi connectivity index (χ0v) is 21.5. The summed E-state index contributed by atoms with van der Waals surface area (Å²) in [7, 11) is 0. The summed E-state index contributed by atoms with van der Waals surface area (Å²) in [6.07, 6.45) is 5.42. The van der Waals surface area contributed by atoms with Crippen molar-refractivity contribution >= 4 is 35.1 Å². The number of hydrogen-bond acceptors (Lipinski definition) is 5. The maximum absolute atomic E-state index is 13.7. The maximum atomic E-state index is 13.7. The van der Waals surface area contributed by atoms with E-state index in [4.69, 9.17) is 14.6 Å². The van der Waals surface area contributed by atoms with Gasteiger partial charge in [-0.1, -0.05) is 54.1 Å². The van der Waals surface area contributed by atoms with Crippen LogP contribution in [0.2, 0.25) is 0 Å². The molecule has 1 aliphatic heterocycles. The zero-order chi connectivity index (χ0) is 25.9. The number of aryl methyl sites for hydroxylation is 1. The monoisotopic (exact) mass is 516 g/mol. The summed E-state index contributed by atoms with van der Waals surface area (Å²) in [5.74, 6) is 1.00. The first-order chi connectivity index (χ1) is 18.7. The molecule has 0 spiro atoms. The van der Waals surface area contributed by atoms with Gasteiger partial charge in [-0.15, -0.1) is 11.8 Å². The van der Waals surface area contributed by atoms with Crippen LogP contribution in [0.3, 0.4) is 0 Å². The molecule has 1 amide bonds. The molecule has 3 aromatic carbocycles. The van der Waals surface area contributed by atoms with Gasteiger partial charge in [0.25, 0.3) is 5.91 Å². The van der Waals surface area contributed by atoms with E-state index in [1.165, 1.54) is 10.6 Å². The predicted octanol–water partition coefficient (Wildman–Crippen LogP) is 7.02. The second kappa shape index (κ2) is 10.4. The van der Waals surface area contributed by atoms with Gasteiger partial charge in [-0.2, -0.15) is 15.2 Å². The highest BCUT2D eigenvalue weighted by Gasteiger charge is 2.31. The molecule has 0 unspecified atom stereocenters. The molecule has 5 aromatic rings. The van der Waals surface area contributed by atoms with E-state index in [0.717, 1.165) is 21.8 Å². The Morgan fingerprint density at radius 3 is 2.26 bits per heavy atom. The Kier molecular flexibility index (Phi) is 6.50. The van der Waals surface area contributed by atoms with Gasteiger partial charge in [0.2, 0.25) is 0 Å². The summed E-state index contributed by atoms with van der Waals surface area (Å²) in [6, 6.07) is 31.4. The molecule has 0 fully saturated rings. The van der Waals surface area contributed by atoms with Crippen molar-refractivity contribution in [2.45, 2.75) is 11.8 Å². The quantitative estimate of drug-likeness (QED) is 0.172. The highest BCUT2D eigenvalue weighted by Crippen LogP contribution is 2.31. The Morgan fingerprint density at radius 1 is 0.868 bits per heavy atom. The van der Waals surface area contributed by atoms with Gasteiger partial charge in [0.05, 0.1) is 28.9 Å². The lowest BCUT2D eigenvalue weighted by atomic mass is 10.1. The van der Waals surface area contributed by atoms with Crippen LogP contribution in [-0.2, 0) is 4.79 Å². The molecule has 0 saturated heterocycles. The molecule has 3 heterocycles. The highest BCUT2D eigenvalue weighted by atomic mass is 32.2. The van der Waals surface area contributed by atoms with Crippen LogP contribution in [0.25, 0.3) is 23.2 Å². The molecular weight excluding hydrogens is 492 g/mol. The number of thioether (sulfide) groups is 1. The maximum Gasteiger partial charge on any atom is 0.280 e. The van der Waals surface area contributed by atoms with Crippen LogP contribution < -0.4 is 5.01 Å². The minimum atomic E-state index is -0.173. The molecule has 0 N–H and O–H groups in total. The van der Waals surface area contributed by atoms with E-state index >= 15 is 0 Å². The molecule has 7 heteroatoms. The smallest absolute Gasteiger partial charge is 0.280 e. The molecule has 0 atom stereocenters. The number of rotatable bonds is 7. The van der Waals surface area contributed by atoms with E-state index in [0.29, 0.717) is 28.5 Å². The third-order valence-corrected chi connectivity index (χ3v) is 7.19. The first kappa shape index (κ1) is 23.8. The third-order valence-electron chi connectivity index (χ3n) is 6.17. The number of carbonyl (C=O) groups excluding carboxylic acids is 1. The number of aromatic nitrogens is 2. The molecule has 0 radical (unpaired) electrons. The number of furan rings is 1. The van der Waals surface area contributed by atoms with E-state index in [2.05, 4.69) is 31.2 Å². The van der Waals surface area contributed by atoms with E-state index < -0.39 is 0 Å². The number of benzene rings is 3. The Morgan fingerprint density at radius 2 is 1.58 bits per heavy atom. The van der Waals surface area contributed by atoms with Crippen molar-refractivity contribution in [3.63, 3.8) is 0 Å². The van der Waals surface area contributed by atoms with Gasteiger partial charge in [0.1, 0.15) is 5.69 Å². The van der Waals surface area contributed by atoms with Crippen molar-refractivity contribution < 1.29 is 9.21 Å². The van der Waals surface area contributed by atoms with Crippen molar-refractivity contribution in [3.05, 3.63) is 126 Å². The molecular formula is C31H24N4O2S. The zero-order valence-electron chi connectivity index (χ0n) is 20.7. The fourth-order valence-electron chi connectivity index (χ4n) is 4.21. The molecule has 0 bridgehead atoms. The van der Waals surface area contributed by atoms with Gasteiger partial charge in [-0.05, 0) is 61.5 Å². The standard InChI is InChI=1S/C31H24N4O2S/c1-22-14-16-26(17-15-22)38-21-28-27(31(36)35(32-28)25-11-6-3-7-12-25)19-23-20-34(24-9-4-2-5-10-24)33-30(23)29-13-8-18-37-29/h2-20H,21H2,1H3/b27-19-. The molecule has 0 saturated carbocycles. The molecule has 1 aliphatic rings. The van der Waals surface area contributed by atoms with Gasteiger partial charge in [0, 0.05) is 22.4 Å². The molecule has 0 aliphatic carbocycles. The van der Waals surface area contributed by atoms with Gasteiger partial charge in [0.15, 0.2) is 5.76 Å². The van der Waals surface area contributed by atoms with Crippen molar-refractivity contribution in [2.24, 2.45) is 5.10 Å². The number of hydrazone groups is 1. The summed E-state index contributed by atoms with van der Waals surface area (Å²) in [5.41, 5.74) is 5.52. The van der Waals surface area contributed by atoms with E-state index in [-0.39, 0.29) is 5.91 Å². The predicted molar refractivity (Wildman–Crippen MR) is 153 cm³/mol. The number of amides is 1. The Labute approximate surface area is 224 Å². The fraction of sp³-hybridized carbons (Fsp3) is 0.0645. The van der Waals surface area contributed by atoms with Crippen LogP contribution >= 0.6 is 11.8 Å². The summed E-state index contributed by atoms with van der Waals surface area (Å²) in [5, 5.41) is 11.0. The molecule has 6 nitrogen and oxygen atoms in total. The van der Waals surface area contributed by atoms with E-state index in [1.54, 1.807) is 22.7 Å². The van der Waals surface area contributed by atoms with Crippen molar-refractivity contribution in [1.29, 1.82) is 0 Å². The van der Waals surface area contributed by atoms with Crippen LogP contribution in [0.5, 0.6) is 0 Å². The molecule has 2 aromatic heterocycles. The SMILES string of the molecule is Cc1ccc(SCC2=NN(c3ccccc3)C(=O)/C2=C\c2cn(-c3ccccc3)nc2-c2ccco2)cc1. The van der Waals surface area contributed by atoms with Crippen LogP contribution in [0.15, 0.2) is 130 Å². The van der Waals surface area contributed by atoms with Crippen LogP contribution in [-0.4, -0.2) is 27.2 Å². The fourth-order valence-corrected chi connectivity index (χ4v) is 5.05. The number of para-hydroxylation sites is 2. The first-order valence-corrected chi connectivity index (χ1v) is 13.2. The molecule has 6 rings (SSSR count). The van der Waals surface area contributed by atoms with Crippen LogP contribution in [0.4, 0.5) is 5.69 Å². The van der Waals surface area contributed by atoms with Crippen molar-refractivity contribution in [1.82, 2.24) is 9.78 Å². The van der Waals surface area contributed by atoms with Crippen LogP contribution in [0, 0.1) is 6.92 Å². The Balaban J connectivity index is 1.41. The number of nitrogens with zero attached hydrogens (tertiary/aromatic N) is 4. The minimum absolute atomic E-state index is 0.173. The van der Waals surface area contributed by atoms with E-state index in [9.17, 15) is 4.79 Å². The third kappa shape index (κ3) is 4.84. The summed E-state index contributed by atoms with van der Waals surface area (Å²) in [6.45, 7) is 2.07.